The molecule has 1 aromatic rings. The molecule has 0 bridgehead atoms. The van der Waals surface area contributed by atoms with Crippen molar-refractivity contribution in [3.63, 3.8) is 0 Å². The minimum absolute atomic E-state index is 0.0101. The Bertz CT molecular complexity index is 478. The van der Waals surface area contributed by atoms with Gasteiger partial charge in [0.1, 0.15) is 5.75 Å². The highest BCUT2D eigenvalue weighted by molar-refractivity contribution is 5.80. The second-order valence-corrected chi connectivity index (χ2v) is 6.70. The maximum absolute atomic E-state index is 12.2. The minimum atomic E-state index is -0.455. The highest BCUT2D eigenvalue weighted by atomic mass is 16.5. The summed E-state index contributed by atoms with van der Waals surface area (Å²) in [6, 6.07) is 7.97. The summed E-state index contributed by atoms with van der Waals surface area (Å²) in [4.78, 5) is 12.2. The van der Waals surface area contributed by atoms with Crippen LogP contribution in [0, 0.1) is 5.92 Å². The fraction of sp³-hybridized carbons (Fsp3) is 0.632. The second kappa shape index (κ2) is 8.21. The molecule has 1 amide bonds. The third-order valence-corrected chi connectivity index (χ3v) is 4.50. The summed E-state index contributed by atoms with van der Waals surface area (Å²) >= 11 is 0. The van der Waals surface area contributed by atoms with Gasteiger partial charge in [-0.3, -0.25) is 4.79 Å². The fourth-order valence-corrected chi connectivity index (χ4v) is 3.09. The molecule has 0 saturated heterocycles. The van der Waals surface area contributed by atoms with Gasteiger partial charge in [-0.15, -0.1) is 0 Å². The van der Waals surface area contributed by atoms with Gasteiger partial charge in [-0.05, 0) is 43.2 Å². The van der Waals surface area contributed by atoms with Crippen LogP contribution >= 0.6 is 0 Å². The number of carbonyl (C=O) groups is 1. The van der Waals surface area contributed by atoms with Crippen LogP contribution in [0.25, 0.3) is 0 Å². The van der Waals surface area contributed by atoms with Crippen LogP contribution in [-0.2, 0) is 4.79 Å². The molecule has 0 heterocycles. The topological polar surface area (TPSA) is 38.3 Å². The summed E-state index contributed by atoms with van der Waals surface area (Å²) in [6.45, 7) is 6.89. The largest absolute Gasteiger partial charge is 0.481 e. The van der Waals surface area contributed by atoms with Crippen molar-refractivity contribution in [2.75, 3.05) is 6.54 Å². The van der Waals surface area contributed by atoms with E-state index in [1.54, 1.807) is 0 Å². The number of para-hydroxylation sites is 1. The van der Waals surface area contributed by atoms with E-state index in [4.69, 9.17) is 4.74 Å². The Morgan fingerprint density at radius 3 is 2.55 bits per heavy atom. The summed E-state index contributed by atoms with van der Waals surface area (Å²) in [6.07, 6.45) is 5.97. The molecule has 1 aliphatic rings. The SMILES string of the molecule is CC(C)c1ccccc1O[C@H](C)C(=O)NCC1CCCCC1. The number of hydrogen-bond acceptors (Lipinski definition) is 2. The Labute approximate surface area is 134 Å². The highest BCUT2D eigenvalue weighted by Crippen LogP contribution is 2.27. The average molecular weight is 303 g/mol. The monoisotopic (exact) mass is 303 g/mol. The van der Waals surface area contributed by atoms with E-state index in [-0.39, 0.29) is 5.91 Å². The molecule has 1 aromatic carbocycles. The van der Waals surface area contributed by atoms with Gasteiger partial charge in [-0.1, -0.05) is 51.3 Å². The molecule has 1 aliphatic carbocycles. The van der Waals surface area contributed by atoms with Crippen molar-refractivity contribution < 1.29 is 9.53 Å². The fourth-order valence-electron chi connectivity index (χ4n) is 3.09. The first-order valence-corrected chi connectivity index (χ1v) is 8.61. The average Bonchev–Trinajstić information content (AvgIpc) is 2.53. The van der Waals surface area contributed by atoms with Gasteiger partial charge in [0.25, 0.3) is 5.91 Å². The van der Waals surface area contributed by atoms with Gasteiger partial charge >= 0.3 is 0 Å². The minimum Gasteiger partial charge on any atom is -0.481 e. The predicted octanol–water partition coefficient (Wildman–Crippen LogP) is 4.27. The van der Waals surface area contributed by atoms with Crippen LogP contribution in [0.3, 0.4) is 0 Å². The maximum Gasteiger partial charge on any atom is 0.260 e. The van der Waals surface area contributed by atoms with E-state index in [1.165, 1.54) is 32.1 Å². The molecule has 3 heteroatoms. The molecule has 1 fully saturated rings. The lowest BCUT2D eigenvalue weighted by molar-refractivity contribution is -0.127. The third-order valence-electron chi connectivity index (χ3n) is 4.50. The van der Waals surface area contributed by atoms with Crippen LogP contribution in [0.15, 0.2) is 24.3 Å². The smallest absolute Gasteiger partial charge is 0.260 e. The van der Waals surface area contributed by atoms with Crippen LogP contribution in [0.4, 0.5) is 0 Å². The molecule has 1 N–H and O–H groups in total. The highest BCUT2D eigenvalue weighted by Gasteiger charge is 2.19. The predicted molar refractivity (Wildman–Crippen MR) is 90.2 cm³/mol. The zero-order valence-corrected chi connectivity index (χ0v) is 14.1. The lowest BCUT2D eigenvalue weighted by Gasteiger charge is -2.23. The van der Waals surface area contributed by atoms with E-state index in [0.717, 1.165) is 17.9 Å². The number of rotatable bonds is 6. The van der Waals surface area contributed by atoms with Gasteiger partial charge in [-0.25, -0.2) is 0 Å². The van der Waals surface area contributed by atoms with Gasteiger partial charge in [-0.2, -0.15) is 0 Å². The van der Waals surface area contributed by atoms with Crippen LogP contribution in [0.5, 0.6) is 5.75 Å². The van der Waals surface area contributed by atoms with E-state index >= 15 is 0 Å². The molecule has 22 heavy (non-hydrogen) atoms. The lowest BCUT2D eigenvalue weighted by Crippen LogP contribution is -2.39. The van der Waals surface area contributed by atoms with E-state index in [0.29, 0.717) is 11.8 Å². The number of hydrogen-bond donors (Lipinski definition) is 1. The molecular weight excluding hydrogens is 274 g/mol. The Morgan fingerprint density at radius 1 is 1.18 bits per heavy atom. The van der Waals surface area contributed by atoms with E-state index in [9.17, 15) is 4.79 Å². The van der Waals surface area contributed by atoms with E-state index in [2.05, 4.69) is 25.2 Å². The first-order chi connectivity index (χ1) is 10.6. The van der Waals surface area contributed by atoms with Crippen molar-refractivity contribution >= 4 is 5.91 Å². The van der Waals surface area contributed by atoms with Gasteiger partial charge < -0.3 is 10.1 Å². The molecule has 1 atom stereocenters. The first kappa shape index (κ1) is 16.9. The number of benzene rings is 1. The lowest BCUT2D eigenvalue weighted by atomic mass is 9.89. The van der Waals surface area contributed by atoms with Gasteiger partial charge in [0, 0.05) is 6.54 Å². The van der Waals surface area contributed by atoms with Crippen molar-refractivity contribution in [3.05, 3.63) is 29.8 Å². The molecular formula is C19H29NO2. The van der Waals surface area contributed by atoms with E-state index < -0.39 is 6.10 Å². The number of amides is 1. The Hall–Kier alpha value is -1.51. The van der Waals surface area contributed by atoms with Gasteiger partial charge in [0.05, 0.1) is 0 Å². The number of ether oxygens (including phenoxy) is 1. The second-order valence-electron chi connectivity index (χ2n) is 6.70. The number of carbonyl (C=O) groups excluding carboxylic acids is 1. The molecule has 0 radical (unpaired) electrons. The van der Waals surface area contributed by atoms with Crippen LogP contribution < -0.4 is 10.1 Å². The van der Waals surface area contributed by atoms with E-state index in [1.807, 2.05) is 25.1 Å². The maximum atomic E-state index is 12.2. The van der Waals surface area contributed by atoms with Crippen molar-refractivity contribution in [2.45, 2.75) is 64.9 Å². The van der Waals surface area contributed by atoms with Crippen molar-refractivity contribution in [1.82, 2.24) is 5.32 Å². The molecule has 0 unspecified atom stereocenters. The summed E-state index contributed by atoms with van der Waals surface area (Å²) < 4.78 is 5.90. The summed E-state index contributed by atoms with van der Waals surface area (Å²) in [5.41, 5.74) is 1.15. The van der Waals surface area contributed by atoms with Crippen LogP contribution in [0.2, 0.25) is 0 Å². The summed E-state index contributed by atoms with van der Waals surface area (Å²) in [7, 11) is 0. The standard InChI is InChI=1S/C19H29NO2/c1-14(2)17-11-7-8-12-18(17)22-15(3)19(21)20-13-16-9-5-4-6-10-16/h7-8,11-12,14-16H,4-6,9-10,13H2,1-3H3,(H,20,21)/t15-/m1/s1. The molecule has 0 aromatic heterocycles. The van der Waals surface area contributed by atoms with Crippen molar-refractivity contribution in [1.29, 1.82) is 0 Å². The van der Waals surface area contributed by atoms with Gasteiger partial charge in [0.15, 0.2) is 6.10 Å². The van der Waals surface area contributed by atoms with Crippen molar-refractivity contribution in [3.8, 4) is 5.75 Å². The normalized spacial score (nSPS) is 17.3. The molecule has 0 spiro atoms. The van der Waals surface area contributed by atoms with Crippen LogP contribution in [0.1, 0.15) is 64.4 Å². The Morgan fingerprint density at radius 2 is 1.86 bits per heavy atom. The summed E-state index contributed by atoms with van der Waals surface area (Å²) in [5, 5.41) is 3.06. The molecule has 3 nitrogen and oxygen atoms in total. The number of nitrogens with one attached hydrogen (secondary N) is 1. The zero-order chi connectivity index (χ0) is 15.9. The van der Waals surface area contributed by atoms with Gasteiger partial charge in [0.2, 0.25) is 0 Å². The zero-order valence-electron chi connectivity index (χ0n) is 14.1. The summed E-state index contributed by atoms with van der Waals surface area (Å²) in [5.74, 6) is 1.84. The molecule has 122 valence electrons. The Balaban J connectivity index is 1.85. The quantitative estimate of drug-likeness (QED) is 0.852. The molecule has 1 saturated carbocycles. The first-order valence-electron chi connectivity index (χ1n) is 8.61. The van der Waals surface area contributed by atoms with Crippen molar-refractivity contribution in [2.24, 2.45) is 5.92 Å². The molecule has 0 aliphatic heterocycles. The van der Waals surface area contributed by atoms with Crippen LogP contribution in [-0.4, -0.2) is 18.6 Å². The Kier molecular flexibility index (Phi) is 6.29. The third kappa shape index (κ3) is 4.75. The molecule has 2 rings (SSSR count).